The molecule has 10 rings (SSSR count). The van der Waals surface area contributed by atoms with E-state index in [0.717, 1.165) is 30.3 Å². The van der Waals surface area contributed by atoms with Gasteiger partial charge in [0.05, 0.1) is 48.8 Å². The maximum Gasteiger partial charge on any atom is 0.417 e. The maximum absolute atomic E-state index is 15.8. The lowest BCUT2D eigenvalue weighted by atomic mass is 9.88. The van der Waals surface area contributed by atoms with Crippen LogP contribution in [0.1, 0.15) is 85.4 Å². The number of alkyl halides is 3. The van der Waals surface area contributed by atoms with Gasteiger partial charge in [-0.15, -0.1) is 0 Å². The molecule has 2 bridgehead atoms. The van der Waals surface area contributed by atoms with Crippen LogP contribution < -0.4 is 41.6 Å². The van der Waals surface area contributed by atoms with Gasteiger partial charge in [0.25, 0.3) is 5.91 Å². The second kappa shape index (κ2) is 24.3. The Kier molecular flexibility index (Phi) is 17.0. The van der Waals surface area contributed by atoms with Crippen LogP contribution in [0.3, 0.4) is 0 Å². The fourth-order valence-corrected chi connectivity index (χ4v) is 11.6. The van der Waals surface area contributed by atoms with Gasteiger partial charge in [-0.2, -0.15) is 38.4 Å². The van der Waals surface area contributed by atoms with Crippen molar-refractivity contribution in [1.29, 1.82) is 5.41 Å². The minimum Gasteiger partial charge on any atom is -0.486 e. The van der Waals surface area contributed by atoms with E-state index in [4.69, 9.17) is 52.8 Å². The maximum atomic E-state index is 15.8. The third kappa shape index (κ3) is 11.8. The number of carbonyl (C=O) groups is 2. The molecule has 2 amide bonds. The zero-order chi connectivity index (χ0) is 58.0. The second-order valence-electron chi connectivity index (χ2n) is 21.3. The molecule has 6 heterocycles. The van der Waals surface area contributed by atoms with Crippen molar-refractivity contribution < 1.29 is 51.5 Å². The average molecular weight is 1150 g/mol. The van der Waals surface area contributed by atoms with Crippen molar-refractivity contribution in [3.8, 4) is 34.0 Å². The van der Waals surface area contributed by atoms with Crippen LogP contribution in [-0.4, -0.2) is 130 Å². The Morgan fingerprint density at radius 1 is 1.06 bits per heavy atom. The number of halogens is 5. The Hall–Kier alpha value is -7.86. The van der Waals surface area contributed by atoms with Crippen molar-refractivity contribution in [3.05, 3.63) is 117 Å². The number of aliphatic hydroxyl groups is 1. The SMILES string of the molecule is Cc1c(F)cc(N)c(C=N)c1-c1c(C(F)(F)F)cc2c(N3C[C@@H]4C[C@H]3CN4)nc(OC3CCOCC3)nc2c1OCc1ccc(/C(C=[NH+][C@H](C(=O)N2CCC[C@H]2C(=O)NC(CO)c2ccc(-c3cnncc3Cl)cc2)C(C)C)=N/N)cc1. The molecule has 1 unspecified atom stereocenters. The van der Waals surface area contributed by atoms with E-state index in [1.807, 2.05) is 30.9 Å². The molecule has 24 heteroatoms. The number of hydrogen-bond acceptors (Lipinski definition) is 16. The van der Waals surface area contributed by atoms with Gasteiger partial charge in [0.2, 0.25) is 11.9 Å². The number of hydrazone groups is 1. The first-order chi connectivity index (χ1) is 39.5. The number of carbonyl (C=O) groups excluding carboxylic acids is 2. The quantitative estimate of drug-likeness (QED) is 0.0176. The number of benzene rings is 4. The highest BCUT2D eigenvalue weighted by Crippen LogP contribution is 2.51. The van der Waals surface area contributed by atoms with Crippen LogP contribution in [0.25, 0.3) is 33.2 Å². The molecule has 0 aliphatic carbocycles. The number of nitrogens with one attached hydrogen (secondary N) is 4. The molecule has 4 aliphatic rings. The standard InChI is InChI=1S/C58H62ClF4N13O6/c1-30(2)51(56(79)75-16-4-5-48(75)55(78)71-47(28-77)35-12-10-33(11-13-35)41-24-69-70-25-43(41)59)68-26-46(74-66)34-8-6-32(7-9-34)29-81-53-50(49-31(3)44(60)21-45(65)40(49)22-64)42(58(61,62)63)20-39-52(53)72-57(82-38-14-17-80-18-15-38)73-54(39)76-27-36-19-37(76)23-67-36/h6-13,20-22,24-26,30,36-38,47-48,51,64,67,77H,4-5,14-19,23,27-29,65-66H2,1-3H3,(H,71,78)/p+1/b64-22?,68-26?,74-46+/t36-,37-,47?,48-,51-/m0/s1. The number of nitrogens with zero attached hydrogens (tertiary/aromatic N) is 7. The van der Waals surface area contributed by atoms with Crippen LogP contribution in [0.2, 0.25) is 5.02 Å². The fourth-order valence-electron chi connectivity index (χ4n) is 11.4. The van der Waals surface area contributed by atoms with E-state index in [1.165, 1.54) is 19.3 Å². The highest BCUT2D eigenvalue weighted by Gasteiger charge is 2.44. The first-order valence-corrected chi connectivity index (χ1v) is 27.5. The van der Waals surface area contributed by atoms with Gasteiger partial charge in [0.15, 0.2) is 17.7 Å². The normalized spacial score (nSPS) is 19.3. The number of fused-ring (bicyclic) bond motifs is 3. The summed E-state index contributed by atoms with van der Waals surface area (Å²) in [6.07, 6.45) is 2.73. The number of aromatic nitrogens is 4. The minimum absolute atomic E-state index is 0.0173. The molecule has 0 radical (unpaired) electrons. The van der Waals surface area contributed by atoms with Gasteiger partial charge < -0.3 is 56.7 Å². The van der Waals surface area contributed by atoms with E-state index in [0.29, 0.717) is 85.8 Å². The molecule has 2 aromatic heterocycles. The lowest BCUT2D eigenvalue weighted by Crippen LogP contribution is -2.83. The van der Waals surface area contributed by atoms with Crippen LogP contribution in [0.15, 0.2) is 78.2 Å². The number of ether oxygens (including phenoxy) is 3. The highest BCUT2D eigenvalue weighted by molar-refractivity contribution is 6.36. The Balaban J connectivity index is 0.925. The first-order valence-electron chi connectivity index (χ1n) is 27.1. The smallest absolute Gasteiger partial charge is 0.417 e. The minimum atomic E-state index is -5.04. The van der Waals surface area contributed by atoms with E-state index in [2.05, 4.69) is 30.9 Å². The molecule has 4 aliphatic heterocycles. The summed E-state index contributed by atoms with van der Waals surface area (Å²) in [7, 11) is 0. The molecular weight excluding hydrogens is 1090 g/mol. The highest BCUT2D eigenvalue weighted by atomic mass is 35.5. The van der Waals surface area contributed by atoms with Crippen LogP contribution in [0.4, 0.5) is 29.1 Å². The second-order valence-corrected chi connectivity index (χ2v) is 21.7. The molecular formula is C58H63ClF4N13O6+. The third-order valence-electron chi connectivity index (χ3n) is 15.7. The number of piperazine rings is 1. The zero-order valence-corrected chi connectivity index (χ0v) is 46.0. The van der Waals surface area contributed by atoms with Crippen LogP contribution in [-0.2, 0) is 27.1 Å². The Bertz CT molecular complexity index is 3440. The van der Waals surface area contributed by atoms with E-state index in [9.17, 15) is 14.7 Å². The van der Waals surface area contributed by atoms with Crippen molar-refractivity contribution in [2.75, 3.05) is 50.1 Å². The largest absolute Gasteiger partial charge is 0.486 e. The summed E-state index contributed by atoms with van der Waals surface area (Å²) in [6, 6.07) is 13.4. The third-order valence-corrected chi connectivity index (χ3v) is 16.0. The van der Waals surface area contributed by atoms with Gasteiger partial charge in [-0.05, 0) is 60.6 Å². The number of nitrogen functional groups attached to an aromatic ring is 1. The van der Waals surface area contributed by atoms with E-state index >= 15 is 17.6 Å². The summed E-state index contributed by atoms with van der Waals surface area (Å²) < 4.78 is 81.9. The van der Waals surface area contributed by atoms with Crippen molar-refractivity contribution in [2.45, 2.75) is 102 Å². The molecule has 0 spiro atoms. The van der Waals surface area contributed by atoms with Crippen LogP contribution >= 0.6 is 11.6 Å². The Morgan fingerprint density at radius 2 is 1.80 bits per heavy atom. The zero-order valence-electron chi connectivity index (χ0n) is 45.3. The van der Waals surface area contributed by atoms with Crippen LogP contribution in [0, 0.1) is 24.1 Å². The molecule has 19 nitrogen and oxygen atoms in total. The fraction of sp³-hybridized carbons (Fsp3) is 0.397. The molecule has 5 atom stereocenters. The number of aliphatic hydroxyl groups excluding tert-OH is 1. The topological polar surface area (TPSA) is 266 Å². The summed E-state index contributed by atoms with van der Waals surface area (Å²) in [4.78, 5) is 44.6. The van der Waals surface area contributed by atoms with Crippen molar-refractivity contribution >= 4 is 64.0 Å². The van der Waals surface area contributed by atoms with Gasteiger partial charge in [-0.3, -0.25) is 9.59 Å². The monoisotopic (exact) mass is 1150 g/mol. The summed E-state index contributed by atoms with van der Waals surface area (Å²) in [5.41, 5.74) is 7.01. The number of hydrogen-bond donors (Lipinski definition) is 7. The first kappa shape index (κ1) is 57.4. The Morgan fingerprint density at radius 3 is 2.45 bits per heavy atom. The van der Waals surface area contributed by atoms with Gasteiger partial charge in [0, 0.05) is 95.6 Å². The molecule has 9 N–H and O–H groups in total. The van der Waals surface area contributed by atoms with E-state index in [1.54, 1.807) is 47.5 Å². The van der Waals surface area contributed by atoms with Crippen molar-refractivity contribution in [3.63, 3.8) is 0 Å². The molecule has 430 valence electrons. The molecule has 4 fully saturated rings. The number of amides is 2. The summed E-state index contributed by atoms with van der Waals surface area (Å²) in [6.45, 7) is 6.60. The molecule has 82 heavy (non-hydrogen) atoms. The summed E-state index contributed by atoms with van der Waals surface area (Å²) >= 11 is 6.31. The van der Waals surface area contributed by atoms with E-state index < -0.39 is 47.2 Å². The molecule has 4 aromatic carbocycles. The number of nitrogens with two attached hydrogens (primary N) is 2. The van der Waals surface area contributed by atoms with E-state index in [-0.39, 0.29) is 99.8 Å². The number of likely N-dealkylation sites (tertiary alicyclic amines) is 1. The van der Waals surface area contributed by atoms with Gasteiger partial charge in [-0.25, -0.2) is 9.38 Å². The predicted octanol–water partition coefficient (Wildman–Crippen LogP) is 5.82. The van der Waals surface area contributed by atoms with Crippen molar-refractivity contribution in [1.82, 2.24) is 35.7 Å². The molecule has 6 aromatic rings. The average Bonchev–Trinajstić information content (AvgIpc) is 1.79. The lowest BCUT2D eigenvalue weighted by Gasteiger charge is -2.31. The van der Waals surface area contributed by atoms with Crippen molar-refractivity contribution in [2.24, 2.45) is 16.9 Å². The summed E-state index contributed by atoms with van der Waals surface area (Å²) in [5.74, 6) is 3.97. The predicted molar refractivity (Wildman–Crippen MR) is 301 cm³/mol. The van der Waals surface area contributed by atoms with Crippen LogP contribution in [0.5, 0.6) is 11.8 Å². The number of rotatable bonds is 18. The van der Waals surface area contributed by atoms with Gasteiger partial charge in [0.1, 0.15) is 35.9 Å². The summed E-state index contributed by atoms with van der Waals surface area (Å²) in [5, 5.41) is 37.2. The molecule has 0 saturated carbocycles. The Labute approximate surface area is 475 Å². The lowest BCUT2D eigenvalue weighted by molar-refractivity contribution is -0.491. The number of anilines is 2. The van der Waals surface area contributed by atoms with Gasteiger partial charge >= 0.3 is 12.2 Å². The van der Waals surface area contributed by atoms with Gasteiger partial charge in [-0.1, -0.05) is 74.0 Å². The molecule has 4 saturated heterocycles.